The van der Waals surface area contributed by atoms with Crippen molar-refractivity contribution in [2.24, 2.45) is 9.98 Å². The van der Waals surface area contributed by atoms with E-state index in [4.69, 9.17) is 9.73 Å². The fourth-order valence-electron chi connectivity index (χ4n) is 4.05. The van der Waals surface area contributed by atoms with Gasteiger partial charge in [0, 0.05) is 6.21 Å². The molecule has 0 radical (unpaired) electrons. The fourth-order valence-corrected chi connectivity index (χ4v) is 8.48. The van der Waals surface area contributed by atoms with Crippen LogP contribution in [0.1, 0.15) is 6.92 Å². The Morgan fingerprint density at radius 3 is 1.58 bits per heavy atom. The lowest BCUT2D eigenvalue weighted by molar-refractivity contribution is -0.145. The molecule has 1 unspecified atom stereocenters. The number of hydrogen-bond acceptors (Lipinski definition) is 4. The first-order chi connectivity index (χ1) is 14.6. The summed E-state index contributed by atoms with van der Waals surface area (Å²) < 4.78 is 5.20. The average Bonchev–Trinajstić information content (AvgIpc) is 3.20. The second-order valence-corrected chi connectivity index (χ2v) is 10.8. The van der Waals surface area contributed by atoms with Crippen LogP contribution in [0.4, 0.5) is 0 Å². The molecule has 0 saturated heterocycles. The Hall–Kier alpha value is -2.62. The summed E-state index contributed by atoms with van der Waals surface area (Å²) in [6.07, 6.45) is 2.10. The zero-order valence-corrected chi connectivity index (χ0v) is 20.0. The summed E-state index contributed by atoms with van der Waals surface area (Å²) in [5.74, 6) is -0.428. The first-order valence-electron chi connectivity index (χ1n) is 9.86. The van der Waals surface area contributed by atoms with Crippen LogP contribution >= 0.6 is 7.26 Å². The summed E-state index contributed by atoms with van der Waals surface area (Å²) in [7, 11) is -0.884. The number of nitrogens with zero attached hydrogens (tertiary/aromatic N) is 2. The Balaban J connectivity index is 0.00000272. The van der Waals surface area contributed by atoms with Gasteiger partial charge in [0.15, 0.2) is 0 Å². The van der Waals surface area contributed by atoms with E-state index in [-0.39, 0.29) is 17.0 Å². The number of halogens is 1. The van der Waals surface area contributed by atoms with Gasteiger partial charge in [-0.3, -0.25) is 0 Å². The predicted molar refractivity (Wildman–Crippen MR) is 126 cm³/mol. The number of methoxy groups -OCH3 is 1. The van der Waals surface area contributed by atoms with Crippen molar-refractivity contribution in [3.05, 3.63) is 91.0 Å². The monoisotopic (exact) mass is 494 g/mol. The standard InChI is InChI=1S/C25H24N2O2P.BrH/c1-20-18-26-25(27-20,24(28)29-2)19-30(21-12-6-3-7-13-21,22-14-8-4-9-15-22)23-16-10-5-11-17-23;/h3-18H,19H2,1-2H3;1H/q+1;/p-1. The third-order valence-corrected chi connectivity index (χ3v) is 9.84. The Kier molecular flexibility index (Phi) is 7.19. The van der Waals surface area contributed by atoms with Gasteiger partial charge in [-0.05, 0) is 43.3 Å². The van der Waals surface area contributed by atoms with Gasteiger partial charge in [-0.2, -0.15) is 0 Å². The summed E-state index contributed by atoms with van der Waals surface area (Å²) in [6.45, 7) is 1.86. The van der Waals surface area contributed by atoms with Crippen molar-refractivity contribution >= 4 is 41.1 Å². The molecule has 0 N–H and O–H groups in total. The second-order valence-electron chi connectivity index (χ2n) is 7.29. The van der Waals surface area contributed by atoms with Crippen molar-refractivity contribution < 1.29 is 26.5 Å². The molecule has 1 aliphatic heterocycles. The van der Waals surface area contributed by atoms with Crippen LogP contribution in [-0.4, -0.2) is 36.8 Å². The highest BCUT2D eigenvalue weighted by Crippen LogP contribution is 2.58. The summed E-state index contributed by atoms with van der Waals surface area (Å²) >= 11 is 0. The van der Waals surface area contributed by atoms with Crippen molar-refractivity contribution in [1.29, 1.82) is 0 Å². The highest BCUT2D eigenvalue weighted by atomic mass is 79.9. The smallest absolute Gasteiger partial charge is 0.360 e. The number of aliphatic imine (C=N–C) groups is 2. The van der Waals surface area contributed by atoms with Gasteiger partial charge < -0.3 is 21.7 Å². The number of carbonyl (C=O) groups is 1. The van der Waals surface area contributed by atoms with E-state index in [1.165, 1.54) is 23.0 Å². The van der Waals surface area contributed by atoms with Gasteiger partial charge in [-0.1, -0.05) is 54.6 Å². The van der Waals surface area contributed by atoms with Crippen molar-refractivity contribution in [2.75, 3.05) is 13.3 Å². The van der Waals surface area contributed by atoms with Crippen LogP contribution in [0.2, 0.25) is 0 Å². The Bertz CT molecular complexity index is 992. The normalized spacial score (nSPS) is 17.5. The number of esters is 1. The molecule has 0 bridgehead atoms. The quantitative estimate of drug-likeness (QED) is 0.368. The molecule has 1 heterocycles. The van der Waals surface area contributed by atoms with E-state index in [9.17, 15) is 4.79 Å². The van der Waals surface area contributed by atoms with Crippen LogP contribution in [0, 0.1) is 0 Å². The molecule has 4 rings (SSSR count). The van der Waals surface area contributed by atoms with Crippen molar-refractivity contribution in [2.45, 2.75) is 12.6 Å². The molecular formula is C25H24BrN2O2P. The second kappa shape index (κ2) is 9.67. The number of benzene rings is 3. The molecule has 1 atom stereocenters. The number of rotatable bonds is 6. The van der Waals surface area contributed by atoms with Crippen LogP contribution in [-0.2, 0) is 9.53 Å². The van der Waals surface area contributed by atoms with Crippen LogP contribution in [0.25, 0.3) is 0 Å². The third-order valence-electron chi connectivity index (χ3n) is 5.39. The van der Waals surface area contributed by atoms with E-state index < -0.39 is 18.9 Å². The minimum atomic E-state index is -2.28. The third kappa shape index (κ3) is 4.26. The van der Waals surface area contributed by atoms with Gasteiger partial charge in [-0.25, -0.2) is 14.8 Å². The van der Waals surface area contributed by atoms with Crippen molar-refractivity contribution in [3.8, 4) is 0 Å². The molecular weight excluding hydrogens is 471 g/mol. The minimum absolute atomic E-state index is 0. The van der Waals surface area contributed by atoms with Crippen LogP contribution in [0.15, 0.2) is 101 Å². The zero-order valence-electron chi connectivity index (χ0n) is 17.5. The SMILES string of the molecule is COC(=O)C1(C[P+](c2ccccc2)(c2ccccc2)c2ccccc2)N=CC(C)=N1.[Br-]. The lowest BCUT2D eigenvalue weighted by Crippen LogP contribution is -3.00. The summed E-state index contributed by atoms with van der Waals surface area (Å²) in [6, 6.07) is 31.2. The molecule has 0 saturated carbocycles. The maximum Gasteiger partial charge on any atom is 0.360 e. The molecule has 0 aliphatic carbocycles. The Morgan fingerprint density at radius 1 is 0.839 bits per heavy atom. The highest BCUT2D eigenvalue weighted by Gasteiger charge is 2.57. The van der Waals surface area contributed by atoms with Crippen LogP contribution < -0.4 is 32.9 Å². The summed E-state index contributed by atoms with van der Waals surface area (Å²) in [5.41, 5.74) is -0.554. The summed E-state index contributed by atoms with van der Waals surface area (Å²) in [4.78, 5) is 22.3. The fraction of sp³-hybridized carbons (Fsp3) is 0.160. The first-order valence-corrected chi connectivity index (χ1v) is 11.8. The molecule has 1 aliphatic rings. The molecule has 4 nitrogen and oxygen atoms in total. The largest absolute Gasteiger partial charge is 1.00 e. The van der Waals surface area contributed by atoms with Gasteiger partial charge in [0.2, 0.25) is 0 Å². The average molecular weight is 495 g/mol. The number of hydrogen-bond donors (Lipinski definition) is 0. The highest BCUT2D eigenvalue weighted by molar-refractivity contribution is 7.95. The molecule has 0 amide bonds. The Morgan fingerprint density at radius 2 is 1.26 bits per heavy atom. The van der Waals surface area contributed by atoms with Gasteiger partial charge >= 0.3 is 5.97 Å². The van der Waals surface area contributed by atoms with E-state index in [1.54, 1.807) is 6.21 Å². The van der Waals surface area contributed by atoms with Gasteiger partial charge in [0.25, 0.3) is 5.66 Å². The van der Waals surface area contributed by atoms with E-state index in [1.807, 2.05) is 61.5 Å². The number of ether oxygens (including phenoxy) is 1. The predicted octanol–water partition coefficient (Wildman–Crippen LogP) is 0.399. The number of carbonyl (C=O) groups excluding carboxylic acids is 1. The van der Waals surface area contributed by atoms with Gasteiger partial charge in [0.1, 0.15) is 29.3 Å². The molecule has 0 fully saturated rings. The Labute approximate surface area is 194 Å². The zero-order chi connectivity index (χ0) is 21.0. The summed E-state index contributed by atoms with van der Waals surface area (Å²) in [5, 5.41) is 3.54. The van der Waals surface area contributed by atoms with Crippen LogP contribution in [0.3, 0.4) is 0 Å². The molecule has 0 aromatic heterocycles. The van der Waals surface area contributed by atoms with E-state index >= 15 is 0 Å². The first kappa shape index (κ1) is 23.1. The maximum absolute atomic E-state index is 13.0. The van der Waals surface area contributed by atoms with Gasteiger partial charge in [-0.15, -0.1) is 0 Å². The maximum atomic E-state index is 13.0. The topological polar surface area (TPSA) is 51.0 Å². The molecule has 3 aromatic carbocycles. The van der Waals surface area contributed by atoms with Crippen molar-refractivity contribution in [3.63, 3.8) is 0 Å². The molecule has 3 aromatic rings. The molecule has 158 valence electrons. The van der Waals surface area contributed by atoms with E-state index in [2.05, 4.69) is 41.4 Å². The molecule has 0 spiro atoms. The van der Waals surface area contributed by atoms with E-state index in [0.717, 1.165) is 5.71 Å². The minimum Gasteiger partial charge on any atom is -1.00 e. The van der Waals surface area contributed by atoms with Crippen molar-refractivity contribution in [1.82, 2.24) is 0 Å². The van der Waals surface area contributed by atoms with Gasteiger partial charge in [0.05, 0.1) is 12.8 Å². The lowest BCUT2D eigenvalue weighted by atomic mass is 10.2. The molecule has 6 heteroatoms. The van der Waals surface area contributed by atoms with Crippen LogP contribution in [0.5, 0.6) is 0 Å². The van der Waals surface area contributed by atoms with E-state index in [0.29, 0.717) is 6.16 Å². The lowest BCUT2D eigenvalue weighted by Gasteiger charge is -2.32. The molecule has 31 heavy (non-hydrogen) atoms.